The minimum Gasteiger partial charge on any atom is -0.330 e. The van der Waals surface area contributed by atoms with E-state index in [-0.39, 0.29) is 12.4 Å². The molecule has 2 fully saturated rings. The highest BCUT2D eigenvalue weighted by Gasteiger charge is 2.47. The lowest BCUT2D eigenvalue weighted by Gasteiger charge is -2.29. The van der Waals surface area contributed by atoms with Crippen LogP contribution in [0.1, 0.15) is 44.9 Å². The Balaban J connectivity index is 0.000000720. The van der Waals surface area contributed by atoms with Crippen LogP contribution in [0, 0.1) is 11.3 Å². The number of rotatable bonds is 2. The summed E-state index contributed by atoms with van der Waals surface area (Å²) < 4.78 is 0. The van der Waals surface area contributed by atoms with Crippen LogP contribution in [0.15, 0.2) is 0 Å². The average molecular weight is 190 g/mol. The van der Waals surface area contributed by atoms with Crippen LogP contribution in [0.4, 0.5) is 0 Å². The fourth-order valence-electron chi connectivity index (χ4n) is 2.65. The highest BCUT2D eigenvalue weighted by atomic mass is 35.5. The molecule has 0 saturated heterocycles. The minimum atomic E-state index is 0. The van der Waals surface area contributed by atoms with Gasteiger partial charge in [0, 0.05) is 0 Å². The lowest BCUT2D eigenvalue weighted by molar-refractivity contribution is 0.233. The maximum atomic E-state index is 5.80. The summed E-state index contributed by atoms with van der Waals surface area (Å²) in [5, 5.41) is 0. The van der Waals surface area contributed by atoms with Gasteiger partial charge < -0.3 is 5.73 Å². The van der Waals surface area contributed by atoms with Gasteiger partial charge in [-0.05, 0) is 43.6 Å². The largest absolute Gasteiger partial charge is 0.330 e. The van der Waals surface area contributed by atoms with Crippen molar-refractivity contribution in [3.05, 3.63) is 0 Å². The monoisotopic (exact) mass is 189 g/mol. The van der Waals surface area contributed by atoms with E-state index >= 15 is 0 Å². The van der Waals surface area contributed by atoms with Crippen molar-refractivity contribution in [2.75, 3.05) is 6.54 Å². The molecule has 2 rings (SSSR count). The van der Waals surface area contributed by atoms with Crippen molar-refractivity contribution in [2.24, 2.45) is 17.1 Å². The van der Waals surface area contributed by atoms with E-state index in [1.165, 1.54) is 44.9 Å². The van der Waals surface area contributed by atoms with Gasteiger partial charge >= 0.3 is 0 Å². The number of hydrogen-bond acceptors (Lipinski definition) is 1. The smallest absolute Gasteiger partial charge is 0.00179 e. The molecule has 0 bridgehead atoms. The second-order valence-corrected chi connectivity index (χ2v) is 4.40. The fraction of sp³-hybridized carbons (Fsp3) is 1.00. The normalized spacial score (nSPS) is 27.8. The molecular weight excluding hydrogens is 170 g/mol. The van der Waals surface area contributed by atoms with E-state index in [1.807, 2.05) is 0 Å². The molecule has 72 valence electrons. The molecule has 0 aromatic carbocycles. The lowest BCUT2D eigenvalue weighted by Crippen LogP contribution is -2.26. The van der Waals surface area contributed by atoms with Crippen molar-refractivity contribution >= 4 is 12.4 Å². The number of nitrogens with two attached hydrogens (primary N) is 1. The number of hydrogen-bond donors (Lipinski definition) is 1. The molecular formula is C10H20ClN. The van der Waals surface area contributed by atoms with Gasteiger partial charge in [0.15, 0.2) is 0 Å². The van der Waals surface area contributed by atoms with Crippen molar-refractivity contribution in [3.63, 3.8) is 0 Å². The summed E-state index contributed by atoms with van der Waals surface area (Å²) in [5.74, 6) is 1.00. The Hall–Kier alpha value is 0.250. The minimum absolute atomic E-state index is 0. The third-order valence-electron chi connectivity index (χ3n) is 3.77. The van der Waals surface area contributed by atoms with Gasteiger partial charge in [-0.2, -0.15) is 0 Å². The average Bonchev–Trinajstić information content (AvgIpc) is 2.86. The van der Waals surface area contributed by atoms with E-state index in [9.17, 15) is 0 Å². The van der Waals surface area contributed by atoms with E-state index in [0.29, 0.717) is 5.41 Å². The Morgan fingerprint density at radius 1 is 1.08 bits per heavy atom. The highest BCUT2D eigenvalue weighted by molar-refractivity contribution is 5.85. The maximum absolute atomic E-state index is 5.80. The Kier molecular flexibility index (Phi) is 3.42. The zero-order chi connectivity index (χ0) is 7.73. The Labute approximate surface area is 81.5 Å². The van der Waals surface area contributed by atoms with Crippen molar-refractivity contribution in [3.8, 4) is 0 Å². The van der Waals surface area contributed by atoms with Crippen molar-refractivity contribution in [1.82, 2.24) is 0 Å². The molecule has 0 amide bonds. The Morgan fingerprint density at radius 2 is 1.67 bits per heavy atom. The van der Waals surface area contributed by atoms with Gasteiger partial charge in [-0.25, -0.2) is 0 Å². The lowest BCUT2D eigenvalue weighted by atomic mass is 9.78. The van der Waals surface area contributed by atoms with Crippen LogP contribution in [0.2, 0.25) is 0 Å². The second kappa shape index (κ2) is 3.97. The summed E-state index contributed by atoms with van der Waals surface area (Å²) in [7, 11) is 0. The van der Waals surface area contributed by atoms with Gasteiger partial charge in [-0.1, -0.05) is 19.3 Å². The van der Waals surface area contributed by atoms with Crippen molar-refractivity contribution in [2.45, 2.75) is 44.9 Å². The van der Waals surface area contributed by atoms with Crippen molar-refractivity contribution in [1.29, 1.82) is 0 Å². The van der Waals surface area contributed by atoms with Crippen LogP contribution in [0.3, 0.4) is 0 Å². The standard InChI is InChI=1S/C10H19N.ClH/c11-8-10(6-7-10)9-4-2-1-3-5-9;/h9H,1-8,11H2;1H. The van der Waals surface area contributed by atoms with Gasteiger partial charge in [-0.3, -0.25) is 0 Å². The summed E-state index contributed by atoms with van der Waals surface area (Å²) in [6.07, 6.45) is 10.2. The molecule has 0 aromatic heterocycles. The fourth-order valence-corrected chi connectivity index (χ4v) is 2.65. The van der Waals surface area contributed by atoms with Crippen molar-refractivity contribution < 1.29 is 0 Å². The highest BCUT2D eigenvalue weighted by Crippen LogP contribution is 2.55. The Bertz CT molecular complexity index is 137. The van der Waals surface area contributed by atoms with Crippen LogP contribution >= 0.6 is 12.4 Å². The van der Waals surface area contributed by atoms with Gasteiger partial charge in [0.05, 0.1) is 0 Å². The first-order valence-electron chi connectivity index (χ1n) is 5.07. The summed E-state index contributed by atoms with van der Waals surface area (Å²) in [6.45, 7) is 0.956. The SMILES string of the molecule is Cl.NCC1(C2CCCCC2)CC1. The van der Waals surface area contributed by atoms with E-state index in [1.54, 1.807) is 0 Å². The molecule has 1 nitrogen and oxygen atoms in total. The summed E-state index contributed by atoms with van der Waals surface area (Å²) in [5.41, 5.74) is 6.44. The molecule has 0 aromatic rings. The molecule has 2 heteroatoms. The van der Waals surface area contributed by atoms with Gasteiger partial charge in [-0.15, -0.1) is 12.4 Å². The van der Waals surface area contributed by atoms with Crippen LogP contribution in [-0.4, -0.2) is 6.54 Å². The van der Waals surface area contributed by atoms with Crippen LogP contribution in [0.25, 0.3) is 0 Å². The molecule has 0 unspecified atom stereocenters. The predicted molar refractivity (Wildman–Crippen MR) is 54.5 cm³/mol. The molecule has 0 radical (unpaired) electrons. The first kappa shape index (κ1) is 10.3. The van der Waals surface area contributed by atoms with Gasteiger partial charge in [0.1, 0.15) is 0 Å². The van der Waals surface area contributed by atoms with Crippen LogP contribution < -0.4 is 5.73 Å². The second-order valence-electron chi connectivity index (χ2n) is 4.40. The van der Waals surface area contributed by atoms with Crippen LogP contribution in [-0.2, 0) is 0 Å². The van der Waals surface area contributed by atoms with E-state index < -0.39 is 0 Å². The van der Waals surface area contributed by atoms with Gasteiger partial charge in [0.25, 0.3) is 0 Å². The molecule has 0 atom stereocenters. The Morgan fingerprint density at radius 3 is 2.08 bits per heavy atom. The topological polar surface area (TPSA) is 26.0 Å². The molecule has 0 aliphatic heterocycles. The number of halogens is 1. The molecule has 0 spiro atoms. The molecule has 12 heavy (non-hydrogen) atoms. The van der Waals surface area contributed by atoms with Gasteiger partial charge in [0.2, 0.25) is 0 Å². The quantitative estimate of drug-likeness (QED) is 0.711. The molecule has 0 heterocycles. The van der Waals surface area contributed by atoms with Crippen LogP contribution in [0.5, 0.6) is 0 Å². The predicted octanol–water partition coefficient (Wildman–Crippen LogP) is 2.73. The first-order valence-corrected chi connectivity index (χ1v) is 5.07. The first-order chi connectivity index (χ1) is 5.37. The molecule has 2 aliphatic rings. The third kappa shape index (κ3) is 1.77. The van der Waals surface area contributed by atoms with E-state index in [2.05, 4.69) is 0 Å². The zero-order valence-corrected chi connectivity index (χ0v) is 8.54. The summed E-state index contributed by atoms with van der Waals surface area (Å²) >= 11 is 0. The summed E-state index contributed by atoms with van der Waals surface area (Å²) in [4.78, 5) is 0. The van der Waals surface area contributed by atoms with E-state index in [4.69, 9.17) is 5.73 Å². The zero-order valence-electron chi connectivity index (χ0n) is 7.72. The molecule has 2 N–H and O–H groups in total. The third-order valence-corrected chi connectivity index (χ3v) is 3.77. The molecule has 2 aliphatic carbocycles. The maximum Gasteiger partial charge on any atom is -0.00179 e. The van der Waals surface area contributed by atoms with E-state index in [0.717, 1.165) is 12.5 Å². The molecule has 2 saturated carbocycles. The summed E-state index contributed by atoms with van der Waals surface area (Å²) in [6, 6.07) is 0.